The number of guanidine groups is 2. The molecular weight excluding hydrogens is 1470 g/mol. The fourth-order valence-corrected chi connectivity index (χ4v) is 10.8. The predicted molar refractivity (Wildman–Crippen MR) is 390 cm³/mol. The number of unbranched alkanes of at least 4 members (excludes halogenated alkanes) is 2. The first kappa shape index (κ1) is 87.1. The highest BCUT2D eigenvalue weighted by Crippen LogP contribution is 2.45. The van der Waals surface area contributed by atoms with Crippen molar-refractivity contribution >= 4 is 127 Å². The Morgan fingerprint density at radius 3 is 1.29 bits per heavy atom. The number of hydrogen-bond acceptors (Lipinski definition) is 19. The zero-order valence-corrected chi connectivity index (χ0v) is 63.7. The number of amides is 12. The summed E-state index contributed by atoms with van der Waals surface area (Å²) in [7, 11) is 0. The van der Waals surface area contributed by atoms with E-state index in [0.717, 1.165) is 16.2 Å². The number of aromatic nitrogens is 1. The number of carboxylic acid groups (broad SMARTS) is 1. The summed E-state index contributed by atoms with van der Waals surface area (Å²) in [5.74, 6) is -3.23. The molecule has 12 amide bonds. The number of likely N-dealkylation sites (tertiary alicyclic amines) is 2. The van der Waals surface area contributed by atoms with Gasteiger partial charge in [0.2, 0.25) is 23.7 Å². The van der Waals surface area contributed by atoms with Gasteiger partial charge < -0.3 is 85.3 Å². The minimum Gasteiger partial charge on any atom is -0.484 e. The minimum absolute atomic E-state index is 0.000478. The Kier molecular flexibility index (Phi) is 29.1. The third kappa shape index (κ3) is 30.8. The lowest BCUT2D eigenvalue weighted by atomic mass is 10.1. The fraction of sp³-hybridized carbons (Fsp3) is 0.551. The second kappa shape index (κ2) is 36.4. The fourth-order valence-electron chi connectivity index (χ4n) is 9.89. The summed E-state index contributed by atoms with van der Waals surface area (Å²) in [4.78, 5) is 145. The maximum atomic E-state index is 14.8. The summed E-state index contributed by atoms with van der Waals surface area (Å²) < 4.78 is 128. The van der Waals surface area contributed by atoms with Crippen molar-refractivity contribution in [3.05, 3.63) is 53.6 Å². The highest BCUT2D eigenvalue weighted by molar-refractivity contribution is 7.22. The maximum absolute atomic E-state index is 14.8. The molecular formula is C69H93F6N15O18S. The zero-order valence-electron chi connectivity index (χ0n) is 62.9. The molecule has 0 bridgehead atoms. The number of hydrogen-bond donors (Lipinski definition) is 11. The molecule has 3 heterocycles. The van der Waals surface area contributed by atoms with Gasteiger partial charge in [-0.1, -0.05) is 11.3 Å². The van der Waals surface area contributed by atoms with Gasteiger partial charge in [0.1, 0.15) is 40.2 Å². The number of nitrogens with one attached hydrogen (secondary N) is 10. The van der Waals surface area contributed by atoms with Crippen LogP contribution in [0.4, 0.5) is 98.3 Å². The highest BCUT2D eigenvalue weighted by atomic mass is 32.1. The van der Waals surface area contributed by atoms with Crippen LogP contribution in [0.1, 0.15) is 166 Å². The molecule has 2 aliphatic heterocycles. The van der Waals surface area contributed by atoms with Crippen molar-refractivity contribution in [2.75, 3.05) is 71.2 Å². The summed E-state index contributed by atoms with van der Waals surface area (Å²) in [6, 6.07) is 4.03. The zero-order chi connectivity index (χ0) is 81.4. The van der Waals surface area contributed by atoms with Gasteiger partial charge in [0.15, 0.2) is 16.6 Å². The largest absolute Gasteiger partial charge is 0.484 e. The van der Waals surface area contributed by atoms with E-state index in [9.17, 15) is 79.4 Å². The lowest BCUT2D eigenvalue weighted by Gasteiger charge is -2.25. The van der Waals surface area contributed by atoms with E-state index in [0.29, 0.717) is 24.3 Å². The summed E-state index contributed by atoms with van der Waals surface area (Å²) in [6.45, 7) is 23.9. The Labute approximate surface area is 627 Å². The number of benzene rings is 3. The second-order valence-corrected chi connectivity index (χ2v) is 30.9. The molecule has 4 aromatic rings. The summed E-state index contributed by atoms with van der Waals surface area (Å²) >= 11 is 0.805. The molecule has 600 valence electrons. The van der Waals surface area contributed by atoms with Crippen LogP contribution in [0, 0.1) is 0 Å². The van der Waals surface area contributed by atoms with Gasteiger partial charge in [-0.05, 0) is 172 Å². The lowest BCUT2D eigenvalue weighted by Crippen LogP contribution is -2.44. The van der Waals surface area contributed by atoms with Crippen molar-refractivity contribution in [1.82, 2.24) is 36.1 Å². The lowest BCUT2D eigenvalue weighted by molar-refractivity contribution is -0.138. The Balaban J connectivity index is 1.20. The number of alkyl halides is 6. The van der Waals surface area contributed by atoms with Crippen molar-refractivity contribution in [2.24, 2.45) is 9.98 Å². The maximum Gasteiger partial charge on any atom is 0.437 e. The van der Waals surface area contributed by atoms with E-state index in [1.807, 2.05) is 0 Å². The number of carbonyl (C=O) groups is 10. The monoisotopic (exact) mass is 1570 g/mol. The number of halogens is 6. The van der Waals surface area contributed by atoms with E-state index in [4.69, 9.17) is 33.2 Å². The van der Waals surface area contributed by atoms with Crippen LogP contribution in [0.2, 0.25) is 0 Å². The molecule has 2 saturated heterocycles. The van der Waals surface area contributed by atoms with Crippen LogP contribution in [0.3, 0.4) is 0 Å². The van der Waals surface area contributed by atoms with E-state index in [2.05, 4.69) is 68.1 Å². The average Bonchev–Trinajstić information content (AvgIpc) is 1.48. The molecule has 6 rings (SSSR count). The van der Waals surface area contributed by atoms with Crippen LogP contribution in [0.5, 0.6) is 11.5 Å². The van der Waals surface area contributed by atoms with Gasteiger partial charge in [0, 0.05) is 57.5 Å². The molecule has 0 aliphatic carbocycles. The topological polar surface area (TPSA) is 420 Å². The van der Waals surface area contributed by atoms with Gasteiger partial charge in [-0.2, -0.15) is 26.3 Å². The molecule has 0 unspecified atom stereocenters. The van der Waals surface area contributed by atoms with Crippen molar-refractivity contribution in [1.29, 1.82) is 0 Å². The number of rotatable bonds is 20. The summed E-state index contributed by atoms with van der Waals surface area (Å²) in [5, 5.41) is 34.2. The number of aliphatic imine (C=N–C) groups is 2. The first-order valence-electron chi connectivity index (χ1n) is 34.4. The first-order chi connectivity index (χ1) is 50.3. The normalized spacial score (nSPS) is 15.2. The highest BCUT2D eigenvalue weighted by Gasteiger charge is 2.39. The molecule has 0 saturated carbocycles. The van der Waals surface area contributed by atoms with Crippen molar-refractivity contribution in [2.45, 2.75) is 208 Å². The number of carbonyl (C=O) groups excluding carboxylic acids is 9. The number of ether oxygens (including phenoxy) is 7. The van der Waals surface area contributed by atoms with E-state index in [-0.39, 0.29) is 124 Å². The van der Waals surface area contributed by atoms with Gasteiger partial charge >= 0.3 is 61.0 Å². The third-order valence-electron chi connectivity index (χ3n) is 14.2. The van der Waals surface area contributed by atoms with Crippen molar-refractivity contribution in [3.63, 3.8) is 0 Å². The number of anilines is 6. The molecule has 33 nitrogen and oxygen atoms in total. The first-order valence-corrected chi connectivity index (χ1v) is 35.2. The SMILES string of the molecule is CC(C)(C)OC(=O)N=C(NCCCCC(=O)Nc1cc(C(F)(F)F)cc(NC(=O)Nc2ccc3nc(NC(=O)Nc4cc(C(F)(F)F)cc(NC(=O)CCCCNC(=NC(=O)OC(C)(C)C)NC(=O)OC(C)(C)C)c4O[C@@H]4CCN(C(=O)OC(C)(C)C)C4)sc3c2)c1O[C@@H]1CCN(C(=O)O)C1)NC(=O)OC(C)(C)C. The Bertz CT molecular complexity index is 4060. The number of nitrogens with zero attached hydrogens (tertiary/aromatic N) is 5. The van der Waals surface area contributed by atoms with Crippen LogP contribution in [-0.2, 0) is 45.6 Å². The van der Waals surface area contributed by atoms with E-state index in [1.165, 1.54) is 23.1 Å². The van der Waals surface area contributed by atoms with Gasteiger partial charge in [-0.3, -0.25) is 25.5 Å². The molecule has 11 N–H and O–H groups in total. The molecule has 2 aliphatic rings. The van der Waals surface area contributed by atoms with Crippen molar-refractivity contribution < 1.29 is 113 Å². The van der Waals surface area contributed by atoms with Gasteiger partial charge in [0.05, 0.1) is 57.2 Å². The molecule has 1 aromatic heterocycles. The second-order valence-electron chi connectivity index (χ2n) is 29.9. The Morgan fingerprint density at radius 1 is 0.505 bits per heavy atom. The number of urea groups is 2. The number of thiazole rings is 1. The summed E-state index contributed by atoms with van der Waals surface area (Å²) in [6.07, 6.45) is -18.2. The Morgan fingerprint density at radius 2 is 0.899 bits per heavy atom. The van der Waals surface area contributed by atoms with Crippen LogP contribution in [-0.4, -0.2) is 172 Å². The van der Waals surface area contributed by atoms with Gasteiger partial charge in [-0.25, -0.2) is 43.3 Å². The molecule has 0 radical (unpaired) electrons. The van der Waals surface area contributed by atoms with Gasteiger partial charge in [0.25, 0.3) is 0 Å². The third-order valence-corrected chi connectivity index (χ3v) is 15.1. The van der Waals surface area contributed by atoms with Crippen molar-refractivity contribution in [3.8, 4) is 11.5 Å². The quantitative estimate of drug-likeness (QED) is 0.0129. The average molecular weight is 1570 g/mol. The molecule has 2 atom stereocenters. The van der Waals surface area contributed by atoms with E-state index in [1.54, 1.807) is 104 Å². The summed E-state index contributed by atoms with van der Waals surface area (Å²) in [5.41, 5.74) is -9.43. The number of fused-ring (bicyclic) bond motifs is 1. The smallest absolute Gasteiger partial charge is 0.437 e. The van der Waals surface area contributed by atoms with E-state index >= 15 is 0 Å². The minimum atomic E-state index is -5.09. The molecule has 40 heteroatoms. The molecule has 0 spiro atoms. The standard InChI is InChI=1S/C69H93F6N15O18S/c1-63(2,3)104-57(95)84-52(85-58(96)105-64(4,5)6)76-26-18-16-20-48(91)79-43-30-37(68(70,71)72)32-45(50(43)102-40-24-28-89(35-40)61(99)100)81-54(93)78-39-22-23-42-47(34-39)109-56(83-42)88-55(94)82-46-33-38(69(73,74)75)31-44(51(46)103-41-25-29-90(36-41)62(101)108-67(13,14)15)80-49(92)21-17-19-27-77-53(86-59(97)106-65(7,8)9)87-60(98)107-66(10,11)12/h22-23,30-34,40-41H,16-21,24-29,35-36H2,1-15H3,(H,79,91)(H,80,92)(H,99,100)(H2,78,81,93)(H2,82,83,88,94)(H2,76,84,85,95,96)(H2,77,86,87,97,98)/t40-,41-/m1/s1. The van der Waals surface area contributed by atoms with Crippen LogP contribution in [0.15, 0.2) is 52.4 Å². The van der Waals surface area contributed by atoms with Crippen LogP contribution in [0.25, 0.3) is 10.2 Å². The Hall–Kier alpha value is -10.8. The number of alkyl carbamates (subject to hydrolysis) is 2. The molecule has 3 aromatic carbocycles. The molecule has 109 heavy (non-hydrogen) atoms. The molecule has 2 fully saturated rings. The van der Waals surface area contributed by atoms with Crippen LogP contribution < -0.4 is 62.6 Å². The van der Waals surface area contributed by atoms with Crippen LogP contribution >= 0.6 is 11.3 Å². The van der Waals surface area contributed by atoms with E-state index < -0.39 is 158 Å². The predicted octanol–water partition coefficient (Wildman–Crippen LogP) is 14.2. The van der Waals surface area contributed by atoms with Gasteiger partial charge in [-0.15, -0.1) is 9.98 Å².